The van der Waals surface area contributed by atoms with Crippen molar-refractivity contribution >= 4 is 18.1 Å². The van der Waals surface area contributed by atoms with Gasteiger partial charge in [0.2, 0.25) is 0 Å². The van der Waals surface area contributed by atoms with E-state index in [-0.39, 0.29) is 6.10 Å². The van der Waals surface area contributed by atoms with E-state index in [1.165, 1.54) is 0 Å². The van der Waals surface area contributed by atoms with Crippen LogP contribution in [0.25, 0.3) is 0 Å². The lowest BCUT2D eigenvalue weighted by atomic mass is 10.3. The Labute approximate surface area is 53.8 Å². The van der Waals surface area contributed by atoms with Crippen LogP contribution in [0.1, 0.15) is 13.3 Å². The van der Waals surface area contributed by atoms with Crippen molar-refractivity contribution < 1.29 is 9.53 Å². The predicted molar refractivity (Wildman–Crippen MR) is 31.9 cm³/mol. The molecule has 2 nitrogen and oxygen atoms in total. The molecule has 0 saturated carbocycles. The number of halogens is 1. The Balaban J connectivity index is 3.20. The molecule has 0 aliphatic heterocycles. The standard InChI is InChI=1S/C5H9ClO2/c1-2-5(3-6)8-4-7/h4-5H,2-3H2,1H3. The Bertz CT molecular complexity index is 61.4. The Hall–Kier alpha value is -0.240. The second-order valence-corrected chi connectivity index (χ2v) is 1.73. The van der Waals surface area contributed by atoms with E-state index in [9.17, 15) is 4.79 Å². The first kappa shape index (κ1) is 7.76. The highest BCUT2D eigenvalue weighted by atomic mass is 35.5. The van der Waals surface area contributed by atoms with Gasteiger partial charge < -0.3 is 4.74 Å². The van der Waals surface area contributed by atoms with E-state index in [1.54, 1.807) is 0 Å². The summed E-state index contributed by atoms with van der Waals surface area (Å²) < 4.78 is 4.53. The largest absolute Gasteiger partial charge is 0.463 e. The maximum Gasteiger partial charge on any atom is 0.293 e. The van der Waals surface area contributed by atoms with Gasteiger partial charge in [-0.2, -0.15) is 0 Å². The van der Waals surface area contributed by atoms with E-state index in [0.717, 1.165) is 6.42 Å². The molecule has 0 saturated heterocycles. The van der Waals surface area contributed by atoms with Gasteiger partial charge in [0.25, 0.3) is 6.47 Å². The number of ether oxygens (including phenoxy) is 1. The molecule has 48 valence electrons. The molecule has 8 heavy (non-hydrogen) atoms. The topological polar surface area (TPSA) is 26.3 Å². The van der Waals surface area contributed by atoms with Gasteiger partial charge in [-0.3, -0.25) is 4.79 Å². The fourth-order valence-electron chi connectivity index (χ4n) is 0.320. The van der Waals surface area contributed by atoms with E-state index in [1.807, 2.05) is 6.92 Å². The normalized spacial score (nSPS) is 12.8. The van der Waals surface area contributed by atoms with E-state index < -0.39 is 0 Å². The number of carbonyl (C=O) groups excluding carboxylic acids is 1. The predicted octanol–water partition coefficient (Wildman–Crippen LogP) is 1.18. The number of carbonyl (C=O) groups is 1. The summed E-state index contributed by atoms with van der Waals surface area (Å²) in [6.07, 6.45) is 0.677. The van der Waals surface area contributed by atoms with Gasteiger partial charge in [-0.15, -0.1) is 11.6 Å². The van der Waals surface area contributed by atoms with Crippen molar-refractivity contribution in [2.75, 3.05) is 5.88 Å². The third kappa shape index (κ3) is 2.86. The summed E-state index contributed by atoms with van der Waals surface area (Å²) in [5.74, 6) is 0.384. The van der Waals surface area contributed by atoms with E-state index >= 15 is 0 Å². The van der Waals surface area contributed by atoms with Crippen molar-refractivity contribution in [3.63, 3.8) is 0 Å². The molecular formula is C5H9ClO2. The monoisotopic (exact) mass is 136 g/mol. The zero-order valence-electron chi connectivity index (χ0n) is 4.76. The Morgan fingerprint density at radius 3 is 2.62 bits per heavy atom. The van der Waals surface area contributed by atoms with Gasteiger partial charge >= 0.3 is 0 Å². The summed E-state index contributed by atoms with van der Waals surface area (Å²) in [5.41, 5.74) is 0. The number of alkyl halides is 1. The second kappa shape index (κ2) is 4.91. The highest BCUT2D eigenvalue weighted by Crippen LogP contribution is 1.97. The van der Waals surface area contributed by atoms with Gasteiger partial charge in [0.1, 0.15) is 6.10 Å². The van der Waals surface area contributed by atoms with Gasteiger partial charge in [0.15, 0.2) is 0 Å². The molecule has 0 fully saturated rings. The summed E-state index contributed by atoms with van der Waals surface area (Å²) in [4.78, 5) is 9.65. The van der Waals surface area contributed by atoms with Crippen LogP contribution in [-0.2, 0) is 9.53 Å². The van der Waals surface area contributed by atoms with Crippen LogP contribution in [0.3, 0.4) is 0 Å². The summed E-state index contributed by atoms with van der Waals surface area (Å²) in [6.45, 7) is 2.34. The SMILES string of the molecule is CCC(CCl)OC=O. The molecule has 0 aromatic carbocycles. The van der Waals surface area contributed by atoms with Crippen molar-refractivity contribution in [2.45, 2.75) is 19.4 Å². The zero-order valence-corrected chi connectivity index (χ0v) is 5.52. The third-order valence-corrected chi connectivity index (χ3v) is 1.22. The molecule has 0 aromatic heterocycles. The second-order valence-electron chi connectivity index (χ2n) is 1.42. The highest BCUT2D eigenvalue weighted by Gasteiger charge is 2.01. The molecule has 3 heteroatoms. The summed E-state index contributed by atoms with van der Waals surface area (Å²) in [7, 11) is 0. The molecule has 0 N–H and O–H groups in total. The lowest BCUT2D eigenvalue weighted by Gasteiger charge is -2.06. The maximum absolute atomic E-state index is 9.65. The molecule has 1 unspecified atom stereocenters. The average molecular weight is 137 g/mol. The van der Waals surface area contributed by atoms with Gasteiger partial charge in [0, 0.05) is 0 Å². The fraction of sp³-hybridized carbons (Fsp3) is 0.800. The number of rotatable bonds is 4. The number of hydrogen-bond acceptors (Lipinski definition) is 2. The Morgan fingerprint density at radius 1 is 1.88 bits per heavy atom. The van der Waals surface area contributed by atoms with Crippen molar-refractivity contribution in [3.8, 4) is 0 Å². The Morgan fingerprint density at radius 2 is 2.50 bits per heavy atom. The van der Waals surface area contributed by atoms with Crippen LogP contribution >= 0.6 is 11.6 Å². The van der Waals surface area contributed by atoms with E-state index in [4.69, 9.17) is 11.6 Å². The molecular weight excluding hydrogens is 128 g/mol. The van der Waals surface area contributed by atoms with Crippen LogP contribution in [0, 0.1) is 0 Å². The first-order valence-electron chi connectivity index (χ1n) is 2.50. The van der Waals surface area contributed by atoms with Crippen LogP contribution in [0.5, 0.6) is 0 Å². The third-order valence-electron chi connectivity index (χ3n) is 0.875. The molecule has 0 rings (SSSR count). The smallest absolute Gasteiger partial charge is 0.293 e. The molecule has 0 aromatic rings. The molecule has 0 heterocycles. The fourth-order valence-corrected chi connectivity index (χ4v) is 0.611. The molecule has 0 aliphatic rings. The Kier molecular flexibility index (Phi) is 4.76. The molecule has 0 aliphatic carbocycles. The summed E-state index contributed by atoms with van der Waals surface area (Å²) >= 11 is 5.36. The van der Waals surface area contributed by atoms with Gasteiger partial charge in [0.05, 0.1) is 5.88 Å². The highest BCUT2D eigenvalue weighted by molar-refractivity contribution is 6.18. The molecule has 1 atom stereocenters. The first-order chi connectivity index (χ1) is 3.85. The minimum Gasteiger partial charge on any atom is -0.463 e. The van der Waals surface area contributed by atoms with Gasteiger partial charge in [-0.1, -0.05) is 6.92 Å². The zero-order chi connectivity index (χ0) is 6.41. The van der Waals surface area contributed by atoms with Crippen LogP contribution < -0.4 is 0 Å². The summed E-state index contributed by atoms with van der Waals surface area (Å²) in [5, 5.41) is 0. The van der Waals surface area contributed by atoms with Gasteiger partial charge in [-0.05, 0) is 6.42 Å². The van der Waals surface area contributed by atoms with Crippen LogP contribution in [0.15, 0.2) is 0 Å². The minimum absolute atomic E-state index is 0.103. The molecule has 0 spiro atoms. The number of hydrogen-bond donors (Lipinski definition) is 0. The van der Waals surface area contributed by atoms with Crippen LogP contribution in [0.4, 0.5) is 0 Å². The lowest BCUT2D eigenvalue weighted by Crippen LogP contribution is -2.11. The first-order valence-corrected chi connectivity index (χ1v) is 3.03. The van der Waals surface area contributed by atoms with Gasteiger partial charge in [-0.25, -0.2) is 0 Å². The van der Waals surface area contributed by atoms with E-state index in [0.29, 0.717) is 12.4 Å². The quantitative estimate of drug-likeness (QED) is 0.429. The maximum atomic E-state index is 9.65. The van der Waals surface area contributed by atoms with Crippen molar-refractivity contribution in [2.24, 2.45) is 0 Å². The summed E-state index contributed by atoms with van der Waals surface area (Å²) in [6, 6.07) is 0. The van der Waals surface area contributed by atoms with Crippen molar-refractivity contribution in [1.29, 1.82) is 0 Å². The van der Waals surface area contributed by atoms with Crippen LogP contribution in [-0.4, -0.2) is 18.5 Å². The molecule has 0 bridgehead atoms. The van der Waals surface area contributed by atoms with E-state index in [2.05, 4.69) is 4.74 Å². The van der Waals surface area contributed by atoms with Crippen molar-refractivity contribution in [1.82, 2.24) is 0 Å². The van der Waals surface area contributed by atoms with Crippen molar-refractivity contribution in [3.05, 3.63) is 0 Å². The average Bonchev–Trinajstić information content (AvgIpc) is 1.83. The molecule has 0 amide bonds. The minimum atomic E-state index is -0.103. The lowest BCUT2D eigenvalue weighted by molar-refractivity contribution is -0.132. The molecule has 0 radical (unpaired) electrons. The van der Waals surface area contributed by atoms with Crippen LogP contribution in [0.2, 0.25) is 0 Å².